The summed E-state index contributed by atoms with van der Waals surface area (Å²) in [6, 6.07) is 5.36. The van der Waals surface area contributed by atoms with E-state index in [4.69, 9.17) is 4.74 Å². The van der Waals surface area contributed by atoms with Crippen LogP contribution in [0.4, 0.5) is 10.1 Å². The first-order valence-electron chi connectivity index (χ1n) is 7.92. The van der Waals surface area contributed by atoms with Gasteiger partial charge in [0.1, 0.15) is 11.6 Å². The average Bonchev–Trinajstić information content (AvgIpc) is 3.33. The van der Waals surface area contributed by atoms with Gasteiger partial charge >= 0.3 is 0 Å². The van der Waals surface area contributed by atoms with E-state index in [0.717, 1.165) is 25.4 Å². The molecule has 21 heavy (non-hydrogen) atoms. The van der Waals surface area contributed by atoms with Gasteiger partial charge in [-0.05, 0) is 44.2 Å². The molecule has 0 spiro atoms. The Labute approximate surface area is 126 Å². The Morgan fingerprint density at radius 3 is 2.81 bits per heavy atom. The number of methoxy groups -OCH3 is 1. The van der Waals surface area contributed by atoms with Crippen LogP contribution in [0.1, 0.15) is 33.1 Å². The van der Waals surface area contributed by atoms with Gasteiger partial charge in [0.05, 0.1) is 12.8 Å². The molecule has 4 heteroatoms. The number of halogens is 1. The molecule has 1 heterocycles. The van der Waals surface area contributed by atoms with Gasteiger partial charge in [-0.3, -0.25) is 0 Å². The first-order valence-corrected chi connectivity index (χ1v) is 7.92. The molecule has 1 aliphatic carbocycles. The predicted molar refractivity (Wildman–Crippen MR) is 83.5 cm³/mol. The van der Waals surface area contributed by atoms with Crippen LogP contribution in [-0.2, 0) is 0 Å². The van der Waals surface area contributed by atoms with E-state index in [0.29, 0.717) is 17.5 Å². The molecule has 2 atom stereocenters. The van der Waals surface area contributed by atoms with Gasteiger partial charge < -0.3 is 15.0 Å². The van der Waals surface area contributed by atoms with Crippen LogP contribution >= 0.6 is 0 Å². The number of benzene rings is 1. The number of nitrogens with zero attached hydrogens (tertiary/aromatic N) is 1. The summed E-state index contributed by atoms with van der Waals surface area (Å²) < 4.78 is 19.6. The van der Waals surface area contributed by atoms with Crippen LogP contribution in [0, 0.1) is 11.7 Å². The number of hydrogen-bond donors (Lipinski definition) is 1. The third-order valence-electron chi connectivity index (χ3n) is 5.09. The third-order valence-corrected chi connectivity index (χ3v) is 5.09. The molecule has 2 unspecified atom stereocenters. The number of rotatable bonds is 4. The zero-order valence-electron chi connectivity index (χ0n) is 13.2. The van der Waals surface area contributed by atoms with Crippen molar-refractivity contribution in [3.63, 3.8) is 0 Å². The zero-order valence-corrected chi connectivity index (χ0v) is 13.2. The first kappa shape index (κ1) is 14.6. The smallest absolute Gasteiger partial charge is 0.146 e. The van der Waals surface area contributed by atoms with Crippen LogP contribution in [0.15, 0.2) is 18.2 Å². The lowest BCUT2D eigenvalue weighted by atomic mass is 9.90. The van der Waals surface area contributed by atoms with Crippen LogP contribution in [0.25, 0.3) is 0 Å². The maximum absolute atomic E-state index is 14.4. The van der Waals surface area contributed by atoms with Gasteiger partial charge in [0.15, 0.2) is 0 Å². The van der Waals surface area contributed by atoms with E-state index in [1.54, 1.807) is 13.2 Å². The van der Waals surface area contributed by atoms with Gasteiger partial charge in [0, 0.05) is 30.7 Å². The third kappa shape index (κ3) is 2.73. The molecule has 0 aromatic heterocycles. The highest BCUT2D eigenvalue weighted by Gasteiger charge is 2.46. The molecule has 1 saturated heterocycles. The van der Waals surface area contributed by atoms with Crippen LogP contribution < -0.4 is 15.0 Å². The van der Waals surface area contributed by atoms with E-state index in [1.165, 1.54) is 18.9 Å². The Morgan fingerprint density at radius 1 is 1.43 bits per heavy atom. The van der Waals surface area contributed by atoms with Gasteiger partial charge in [-0.2, -0.15) is 0 Å². The maximum atomic E-state index is 14.4. The van der Waals surface area contributed by atoms with E-state index in [1.807, 2.05) is 6.07 Å². The highest BCUT2D eigenvalue weighted by atomic mass is 19.1. The molecule has 3 nitrogen and oxygen atoms in total. The molecule has 1 N–H and O–H groups in total. The fourth-order valence-corrected chi connectivity index (χ4v) is 3.48. The van der Waals surface area contributed by atoms with Crippen LogP contribution in [0.3, 0.4) is 0 Å². The standard InChI is InChI=1S/C17H25FN2O/c1-4-13-10-19-17(2,12-5-6-12)11-20(13)16-9-14(21-3)7-8-15(16)18/h7-9,12-13,19H,4-6,10-11H2,1-3H3. The fraction of sp³-hybridized carbons (Fsp3) is 0.647. The Hall–Kier alpha value is -1.29. The Morgan fingerprint density at radius 2 is 2.19 bits per heavy atom. The van der Waals surface area contributed by atoms with Gasteiger partial charge in [-0.1, -0.05) is 6.92 Å². The van der Waals surface area contributed by atoms with Crippen molar-refractivity contribution >= 4 is 5.69 Å². The quantitative estimate of drug-likeness (QED) is 0.922. The monoisotopic (exact) mass is 292 g/mol. The molecule has 0 bridgehead atoms. The minimum absolute atomic E-state index is 0.0984. The zero-order chi connectivity index (χ0) is 15.0. The Balaban J connectivity index is 1.92. The Kier molecular flexibility index (Phi) is 3.82. The predicted octanol–water partition coefficient (Wildman–Crippen LogP) is 3.19. The van der Waals surface area contributed by atoms with Crippen LogP contribution in [0.2, 0.25) is 0 Å². The molecule has 0 amide bonds. The summed E-state index contributed by atoms with van der Waals surface area (Å²) in [6.07, 6.45) is 3.58. The lowest BCUT2D eigenvalue weighted by molar-refractivity contribution is 0.251. The molecule has 2 fully saturated rings. The number of nitrogens with one attached hydrogen (secondary N) is 1. The minimum atomic E-state index is -0.158. The van der Waals surface area contributed by atoms with E-state index < -0.39 is 0 Å². The van der Waals surface area contributed by atoms with Gasteiger partial charge in [-0.25, -0.2) is 4.39 Å². The van der Waals surface area contributed by atoms with Gasteiger partial charge in [0.2, 0.25) is 0 Å². The number of piperazine rings is 1. The lowest BCUT2D eigenvalue weighted by Crippen LogP contribution is -2.64. The second-order valence-corrected chi connectivity index (χ2v) is 6.58. The van der Waals surface area contributed by atoms with E-state index in [9.17, 15) is 4.39 Å². The van der Waals surface area contributed by atoms with E-state index in [2.05, 4.69) is 24.1 Å². The van der Waals surface area contributed by atoms with Crippen molar-refractivity contribution in [3.8, 4) is 5.75 Å². The van der Waals surface area contributed by atoms with Crippen LogP contribution in [0.5, 0.6) is 5.75 Å². The summed E-state index contributed by atoms with van der Waals surface area (Å²) in [4.78, 5) is 2.24. The minimum Gasteiger partial charge on any atom is -0.497 e. The summed E-state index contributed by atoms with van der Waals surface area (Å²) in [6.45, 7) is 6.22. The highest BCUT2D eigenvalue weighted by Crippen LogP contribution is 2.42. The van der Waals surface area contributed by atoms with E-state index in [-0.39, 0.29) is 11.4 Å². The summed E-state index contributed by atoms with van der Waals surface area (Å²) in [5.41, 5.74) is 0.774. The number of anilines is 1. The molecule has 1 aromatic carbocycles. The van der Waals surface area contributed by atoms with Crippen molar-refractivity contribution < 1.29 is 9.13 Å². The molecular weight excluding hydrogens is 267 g/mol. The molecule has 0 radical (unpaired) electrons. The SMILES string of the molecule is CCC1CNC(C)(C2CC2)CN1c1cc(OC)ccc1F. The summed E-state index contributed by atoms with van der Waals surface area (Å²) in [7, 11) is 1.63. The highest BCUT2D eigenvalue weighted by molar-refractivity contribution is 5.54. The summed E-state index contributed by atoms with van der Waals surface area (Å²) in [5.74, 6) is 1.29. The second-order valence-electron chi connectivity index (χ2n) is 6.58. The lowest BCUT2D eigenvalue weighted by Gasteiger charge is -2.47. The van der Waals surface area contributed by atoms with Crippen molar-refractivity contribution in [3.05, 3.63) is 24.0 Å². The normalized spacial score (nSPS) is 29.5. The maximum Gasteiger partial charge on any atom is 0.146 e. The second kappa shape index (κ2) is 5.48. The van der Waals surface area contributed by atoms with Crippen LogP contribution in [-0.4, -0.2) is 31.8 Å². The Bertz CT molecular complexity index is 518. The van der Waals surface area contributed by atoms with Crippen molar-refractivity contribution in [2.45, 2.75) is 44.7 Å². The first-order chi connectivity index (χ1) is 10.1. The topological polar surface area (TPSA) is 24.5 Å². The molecule has 1 saturated carbocycles. The molecule has 116 valence electrons. The summed E-state index contributed by atoms with van der Waals surface area (Å²) in [5, 5.41) is 3.71. The fourth-order valence-electron chi connectivity index (χ4n) is 3.48. The van der Waals surface area contributed by atoms with Crippen molar-refractivity contribution in [1.82, 2.24) is 5.32 Å². The molecule has 2 aliphatic rings. The molecular formula is C17H25FN2O. The number of ether oxygens (including phenoxy) is 1. The summed E-state index contributed by atoms with van der Waals surface area (Å²) >= 11 is 0. The molecule has 1 aliphatic heterocycles. The van der Waals surface area contributed by atoms with Gasteiger partial charge in [-0.15, -0.1) is 0 Å². The average molecular weight is 292 g/mol. The van der Waals surface area contributed by atoms with E-state index >= 15 is 0 Å². The largest absolute Gasteiger partial charge is 0.497 e. The molecule has 1 aromatic rings. The van der Waals surface area contributed by atoms with Crippen molar-refractivity contribution in [2.24, 2.45) is 5.92 Å². The number of hydrogen-bond acceptors (Lipinski definition) is 3. The van der Waals surface area contributed by atoms with Gasteiger partial charge in [0.25, 0.3) is 0 Å². The molecule has 3 rings (SSSR count). The van der Waals surface area contributed by atoms with Crippen molar-refractivity contribution in [1.29, 1.82) is 0 Å². The van der Waals surface area contributed by atoms with Crippen molar-refractivity contribution in [2.75, 3.05) is 25.1 Å².